The van der Waals surface area contributed by atoms with Crippen molar-refractivity contribution in [3.8, 4) is 0 Å². The van der Waals surface area contributed by atoms with E-state index in [2.05, 4.69) is 16.0 Å². The number of ketones is 2. The van der Waals surface area contributed by atoms with E-state index in [0.29, 0.717) is 11.4 Å². The first kappa shape index (κ1) is 24.2. The SMILES string of the molecule is CC(=O)CC(=O)Nc1cccc(NC(=O)CC(C)=O)c1.CC(=O)Nc1ccccc1. The molecule has 3 N–H and O–H groups in total. The van der Waals surface area contributed by atoms with Crippen LogP contribution in [0.3, 0.4) is 0 Å². The quantitative estimate of drug-likeness (QED) is 0.604. The molecule has 8 heteroatoms. The Morgan fingerprint density at radius 2 is 1.03 bits per heavy atom. The molecule has 0 aromatic heterocycles. The summed E-state index contributed by atoms with van der Waals surface area (Å²) in [7, 11) is 0. The van der Waals surface area contributed by atoms with Gasteiger partial charge in [-0.1, -0.05) is 24.3 Å². The highest BCUT2D eigenvalue weighted by Gasteiger charge is 2.08. The highest BCUT2D eigenvalue weighted by Crippen LogP contribution is 2.15. The highest BCUT2D eigenvalue weighted by molar-refractivity contribution is 6.05. The Kier molecular flexibility index (Phi) is 10.2. The van der Waals surface area contributed by atoms with Crippen LogP contribution in [0.15, 0.2) is 54.6 Å². The van der Waals surface area contributed by atoms with Crippen molar-refractivity contribution in [2.24, 2.45) is 0 Å². The molecule has 2 aromatic rings. The van der Waals surface area contributed by atoms with Gasteiger partial charge in [0.25, 0.3) is 0 Å². The van der Waals surface area contributed by atoms with Crippen molar-refractivity contribution in [3.63, 3.8) is 0 Å². The van der Waals surface area contributed by atoms with Crippen molar-refractivity contribution in [1.29, 1.82) is 0 Å². The molecule has 0 spiro atoms. The number of carbonyl (C=O) groups is 5. The van der Waals surface area contributed by atoms with E-state index in [1.165, 1.54) is 20.8 Å². The Morgan fingerprint density at radius 3 is 1.43 bits per heavy atom. The minimum absolute atomic E-state index is 0.0359. The van der Waals surface area contributed by atoms with Crippen molar-refractivity contribution >= 4 is 46.4 Å². The second-order valence-electron chi connectivity index (χ2n) is 6.48. The maximum Gasteiger partial charge on any atom is 0.231 e. The molecule has 0 aliphatic rings. The number of Topliss-reactive ketones (excluding diaryl/α,β-unsaturated/α-hetero) is 2. The summed E-state index contributed by atoms with van der Waals surface area (Å²) in [6.45, 7) is 4.16. The lowest BCUT2D eigenvalue weighted by Crippen LogP contribution is -2.16. The zero-order valence-electron chi connectivity index (χ0n) is 17.2. The van der Waals surface area contributed by atoms with Crippen molar-refractivity contribution in [3.05, 3.63) is 54.6 Å². The lowest BCUT2D eigenvalue weighted by atomic mass is 10.2. The predicted octanol–water partition coefficient (Wildman–Crippen LogP) is 3.17. The van der Waals surface area contributed by atoms with Crippen LogP contribution in [0.25, 0.3) is 0 Å². The molecule has 0 fully saturated rings. The summed E-state index contributed by atoms with van der Waals surface area (Å²) in [6, 6.07) is 15.8. The summed E-state index contributed by atoms with van der Waals surface area (Å²) in [6.07, 6.45) is -0.387. The van der Waals surface area contributed by atoms with Gasteiger partial charge in [-0.05, 0) is 44.2 Å². The highest BCUT2D eigenvalue weighted by atomic mass is 16.2. The number of rotatable bonds is 7. The third-order valence-corrected chi connectivity index (χ3v) is 3.34. The monoisotopic (exact) mass is 411 g/mol. The van der Waals surface area contributed by atoms with E-state index in [1.54, 1.807) is 24.3 Å². The van der Waals surface area contributed by atoms with Gasteiger partial charge in [-0.3, -0.25) is 24.0 Å². The zero-order chi connectivity index (χ0) is 22.5. The zero-order valence-corrected chi connectivity index (χ0v) is 17.2. The standard InChI is InChI=1S/C14H16N2O4.C8H9NO/c1-9(17)6-13(19)15-11-4-3-5-12(8-11)16-14(20)7-10(2)18;1-7(10)9-8-5-3-2-4-6-8/h3-5,8H,6-7H2,1-2H3,(H,15,19)(H,16,20);2-6H,1H3,(H,9,10). The van der Waals surface area contributed by atoms with Gasteiger partial charge in [-0.15, -0.1) is 0 Å². The number of hydrogen-bond donors (Lipinski definition) is 3. The Hall–Kier alpha value is -3.81. The molecule has 2 rings (SSSR count). The Bertz CT molecular complexity index is 865. The fourth-order valence-electron chi connectivity index (χ4n) is 2.26. The van der Waals surface area contributed by atoms with Crippen LogP contribution in [0.4, 0.5) is 17.1 Å². The van der Waals surface area contributed by atoms with Gasteiger partial charge in [-0.25, -0.2) is 0 Å². The molecule has 0 saturated carbocycles. The molecule has 0 aliphatic heterocycles. The van der Waals surface area contributed by atoms with Gasteiger partial charge in [0.2, 0.25) is 17.7 Å². The lowest BCUT2D eigenvalue weighted by Gasteiger charge is -2.08. The molecule has 0 unspecified atom stereocenters. The lowest BCUT2D eigenvalue weighted by molar-refractivity contribution is -0.125. The van der Waals surface area contributed by atoms with Crippen LogP contribution in [0.2, 0.25) is 0 Å². The number of amides is 3. The third kappa shape index (κ3) is 11.1. The predicted molar refractivity (Wildman–Crippen MR) is 115 cm³/mol. The summed E-state index contributed by atoms with van der Waals surface area (Å²) in [4.78, 5) is 55.0. The first-order valence-electron chi connectivity index (χ1n) is 9.17. The van der Waals surface area contributed by atoms with Gasteiger partial charge in [-0.2, -0.15) is 0 Å². The second-order valence-corrected chi connectivity index (χ2v) is 6.48. The van der Waals surface area contributed by atoms with Crippen LogP contribution < -0.4 is 16.0 Å². The fraction of sp³-hybridized carbons (Fsp3) is 0.227. The molecule has 0 bridgehead atoms. The van der Waals surface area contributed by atoms with Crippen molar-refractivity contribution in [2.75, 3.05) is 16.0 Å². The number of carbonyl (C=O) groups excluding carboxylic acids is 5. The molecule has 0 radical (unpaired) electrons. The van der Waals surface area contributed by atoms with Gasteiger partial charge in [0.1, 0.15) is 11.6 Å². The summed E-state index contributed by atoms with van der Waals surface area (Å²) in [5.74, 6) is -1.32. The molecule has 0 saturated heterocycles. The van der Waals surface area contributed by atoms with Crippen LogP contribution in [0.1, 0.15) is 33.6 Å². The van der Waals surface area contributed by atoms with Gasteiger partial charge in [0.05, 0.1) is 12.8 Å². The van der Waals surface area contributed by atoms with Gasteiger partial charge < -0.3 is 16.0 Å². The third-order valence-electron chi connectivity index (χ3n) is 3.34. The number of para-hydroxylation sites is 1. The second kappa shape index (κ2) is 12.6. The minimum Gasteiger partial charge on any atom is -0.326 e. The van der Waals surface area contributed by atoms with E-state index in [-0.39, 0.29) is 30.3 Å². The normalized spacial score (nSPS) is 9.43. The topological polar surface area (TPSA) is 121 Å². The molecule has 30 heavy (non-hydrogen) atoms. The van der Waals surface area contributed by atoms with Crippen molar-refractivity contribution < 1.29 is 24.0 Å². The van der Waals surface area contributed by atoms with E-state index in [9.17, 15) is 24.0 Å². The Morgan fingerprint density at radius 1 is 0.600 bits per heavy atom. The number of benzene rings is 2. The maximum atomic E-state index is 11.4. The number of hydrogen-bond acceptors (Lipinski definition) is 5. The summed E-state index contributed by atoms with van der Waals surface area (Å²) in [5, 5.41) is 7.77. The van der Waals surface area contributed by atoms with Crippen LogP contribution in [-0.4, -0.2) is 29.3 Å². The maximum absolute atomic E-state index is 11.4. The Labute approximate surface area is 175 Å². The molecule has 0 aliphatic carbocycles. The average molecular weight is 411 g/mol. The first-order chi connectivity index (χ1) is 14.2. The molecule has 0 heterocycles. The average Bonchev–Trinajstić information content (AvgIpc) is 2.61. The summed E-state index contributed by atoms with van der Waals surface area (Å²) >= 11 is 0. The van der Waals surface area contributed by atoms with Crippen LogP contribution in [0, 0.1) is 0 Å². The van der Waals surface area contributed by atoms with E-state index >= 15 is 0 Å². The molecule has 2 aromatic carbocycles. The molecule has 3 amide bonds. The molecular formula is C22H25N3O5. The molecular weight excluding hydrogens is 386 g/mol. The van der Waals surface area contributed by atoms with Gasteiger partial charge in [0, 0.05) is 24.0 Å². The minimum atomic E-state index is -0.412. The fourth-order valence-corrected chi connectivity index (χ4v) is 2.26. The van der Waals surface area contributed by atoms with Gasteiger partial charge in [0.15, 0.2) is 0 Å². The molecule has 158 valence electrons. The molecule has 0 atom stereocenters. The van der Waals surface area contributed by atoms with E-state index in [1.807, 2.05) is 30.3 Å². The van der Waals surface area contributed by atoms with Crippen LogP contribution >= 0.6 is 0 Å². The van der Waals surface area contributed by atoms with Crippen LogP contribution in [0.5, 0.6) is 0 Å². The summed E-state index contributed by atoms with van der Waals surface area (Å²) in [5.41, 5.74) is 1.78. The smallest absolute Gasteiger partial charge is 0.231 e. The molecule has 8 nitrogen and oxygen atoms in total. The van der Waals surface area contributed by atoms with E-state index in [0.717, 1.165) is 5.69 Å². The largest absolute Gasteiger partial charge is 0.326 e. The van der Waals surface area contributed by atoms with Crippen molar-refractivity contribution in [1.82, 2.24) is 0 Å². The number of anilines is 3. The van der Waals surface area contributed by atoms with E-state index < -0.39 is 11.8 Å². The Balaban J connectivity index is 0.000000375. The van der Waals surface area contributed by atoms with E-state index in [4.69, 9.17) is 0 Å². The summed E-state index contributed by atoms with van der Waals surface area (Å²) < 4.78 is 0. The van der Waals surface area contributed by atoms with Crippen molar-refractivity contribution in [2.45, 2.75) is 33.6 Å². The first-order valence-corrected chi connectivity index (χ1v) is 9.17. The van der Waals surface area contributed by atoms with Gasteiger partial charge >= 0.3 is 0 Å². The number of nitrogens with one attached hydrogen (secondary N) is 3. The van der Waals surface area contributed by atoms with Crippen LogP contribution in [-0.2, 0) is 24.0 Å².